The Bertz CT molecular complexity index is 328. The number of hydrogen-bond donors (Lipinski definition) is 1. The molecule has 2 N–H and O–H groups in total. The molecule has 0 unspecified atom stereocenters. The van der Waals surface area contributed by atoms with Crippen LogP contribution in [-0.4, -0.2) is 17.5 Å². The Hall–Kier alpha value is -0.380. The molecular formula is C13H22N2S. The quantitative estimate of drug-likeness (QED) is 0.825. The Balaban J connectivity index is 1.92. The van der Waals surface area contributed by atoms with Crippen molar-refractivity contribution in [3.05, 3.63) is 21.9 Å². The molecule has 0 aliphatic heterocycles. The highest BCUT2D eigenvalue weighted by Crippen LogP contribution is 2.31. The third kappa shape index (κ3) is 3.30. The van der Waals surface area contributed by atoms with Crippen molar-refractivity contribution in [3.63, 3.8) is 0 Å². The van der Waals surface area contributed by atoms with Crippen LogP contribution in [0.4, 0.5) is 0 Å². The zero-order valence-corrected chi connectivity index (χ0v) is 11.1. The maximum absolute atomic E-state index is 5.64. The minimum absolute atomic E-state index is 0.643. The highest BCUT2D eigenvalue weighted by atomic mass is 32.1. The highest BCUT2D eigenvalue weighted by Gasteiger charge is 2.25. The number of nitrogens with zero attached hydrogens (tertiary/aromatic N) is 1. The van der Waals surface area contributed by atoms with Gasteiger partial charge in [-0.2, -0.15) is 0 Å². The normalized spacial score (nSPS) is 16.3. The summed E-state index contributed by atoms with van der Waals surface area (Å²) < 4.78 is 0. The molecule has 0 aromatic carbocycles. The van der Waals surface area contributed by atoms with E-state index in [4.69, 9.17) is 5.73 Å². The first-order valence-corrected chi connectivity index (χ1v) is 7.02. The van der Waals surface area contributed by atoms with E-state index in [0.717, 1.165) is 12.5 Å². The van der Waals surface area contributed by atoms with Gasteiger partial charge in [0.2, 0.25) is 0 Å². The summed E-state index contributed by atoms with van der Waals surface area (Å²) >= 11 is 1.86. The fourth-order valence-electron chi connectivity index (χ4n) is 1.91. The molecule has 0 spiro atoms. The summed E-state index contributed by atoms with van der Waals surface area (Å²) in [6, 6.07) is 5.04. The molecule has 0 atom stereocenters. The van der Waals surface area contributed by atoms with E-state index in [0.29, 0.717) is 12.6 Å². The summed E-state index contributed by atoms with van der Waals surface area (Å²) in [6.45, 7) is 7.63. The van der Waals surface area contributed by atoms with E-state index in [-0.39, 0.29) is 0 Å². The minimum atomic E-state index is 0.643. The monoisotopic (exact) mass is 238 g/mol. The van der Waals surface area contributed by atoms with Crippen LogP contribution in [-0.2, 0) is 13.1 Å². The van der Waals surface area contributed by atoms with Crippen LogP contribution in [0, 0.1) is 5.92 Å². The molecule has 3 heteroatoms. The highest BCUT2D eigenvalue weighted by molar-refractivity contribution is 7.11. The smallest absolute Gasteiger partial charge is 0.0330 e. The lowest BCUT2D eigenvalue weighted by molar-refractivity contribution is 0.205. The Kier molecular flexibility index (Phi) is 4.00. The lowest BCUT2D eigenvalue weighted by atomic mass is 10.2. The van der Waals surface area contributed by atoms with Crippen LogP contribution in [0.2, 0.25) is 0 Å². The third-order valence-corrected chi connectivity index (χ3v) is 4.29. The van der Waals surface area contributed by atoms with Gasteiger partial charge >= 0.3 is 0 Å². The van der Waals surface area contributed by atoms with E-state index in [1.807, 2.05) is 11.3 Å². The van der Waals surface area contributed by atoms with Crippen molar-refractivity contribution in [2.75, 3.05) is 6.54 Å². The van der Waals surface area contributed by atoms with Crippen LogP contribution in [0.25, 0.3) is 0 Å². The number of hydrogen-bond acceptors (Lipinski definition) is 3. The predicted molar refractivity (Wildman–Crippen MR) is 70.5 cm³/mol. The van der Waals surface area contributed by atoms with Crippen molar-refractivity contribution < 1.29 is 0 Å². The van der Waals surface area contributed by atoms with Gasteiger partial charge in [0.15, 0.2) is 0 Å². The Morgan fingerprint density at radius 1 is 1.38 bits per heavy atom. The van der Waals surface area contributed by atoms with Crippen molar-refractivity contribution in [2.45, 2.75) is 45.8 Å². The number of rotatable bonds is 6. The SMILES string of the molecule is CC(C)N(Cc1ccc(CN)s1)CC1CC1. The summed E-state index contributed by atoms with van der Waals surface area (Å²) in [5.74, 6) is 0.969. The maximum atomic E-state index is 5.64. The number of thiophene rings is 1. The summed E-state index contributed by atoms with van der Waals surface area (Å²) in [7, 11) is 0. The second-order valence-corrected chi connectivity index (χ2v) is 6.29. The van der Waals surface area contributed by atoms with Gasteiger partial charge in [0.05, 0.1) is 0 Å². The van der Waals surface area contributed by atoms with Gasteiger partial charge in [-0.25, -0.2) is 0 Å². The molecule has 90 valence electrons. The van der Waals surface area contributed by atoms with Crippen LogP contribution in [0.1, 0.15) is 36.4 Å². The maximum Gasteiger partial charge on any atom is 0.0330 e. The lowest BCUT2D eigenvalue weighted by Gasteiger charge is -2.25. The van der Waals surface area contributed by atoms with Gasteiger partial charge in [0, 0.05) is 35.4 Å². The molecule has 1 aliphatic carbocycles. The van der Waals surface area contributed by atoms with Gasteiger partial charge in [0.25, 0.3) is 0 Å². The van der Waals surface area contributed by atoms with Crippen LogP contribution in [0.15, 0.2) is 12.1 Å². The fraction of sp³-hybridized carbons (Fsp3) is 0.692. The average Bonchev–Trinajstić information content (AvgIpc) is 2.95. The summed E-state index contributed by atoms with van der Waals surface area (Å²) in [5.41, 5.74) is 5.64. The van der Waals surface area contributed by atoms with Crippen molar-refractivity contribution in [1.29, 1.82) is 0 Å². The molecule has 1 saturated carbocycles. The first-order chi connectivity index (χ1) is 7.69. The molecule has 2 nitrogen and oxygen atoms in total. The van der Waals surface area contributed by atoms with Gasteiger partial charge in [-0.15, -0.1) is 11.3 Å². The van der Waals surface area contributed by atoms with Gasteiger partial charge in [-0.3, -0.25) is 4.90 Å². The van der Waals surface area contributed by atoms with Crippen molar-refractivity contribution in [2.24, 2.45) is 11.7 Å². The molecule has 1 heterocycles. The van der Waals surface area contributed by atoms with Crippen LogP contribution >= 0.6 is 11.3 Å². The molecule has 0 radical (unpaired) electrons. The molecule has 16 heavy (non-hydrogen) atoms. The van der Waals surface area contributed by atoms with Crippen LogP contribution in [0.3, 0.4) is 0 Å². The van der Waals surface area contributed by atoms with Crippen LogP contribution in [0.5, 0.6) is 0 Å². The first-order valence-electron chi connectivity index (χ1n) is 6.20. The molecule has 0 bridgehead atoms. The molecule has 1 aromatic rings. The largest absolute Gasteiger partial charge is 0.326 e. The van der Waals surface area contributed by atoms with Gasteiger partial charge in [-0.1, -0.05) is 0 Å². The molecule has 0 saturated heterocycles. The van der Waals surface area contributed by atoms with Gasteiger partial charge < -0.3 is 5.73 Å². The van der Waals surface area contributed by atoms with E-state index in [9.17, 15) is 0 Å². The molecule has 0 amide bonds. The average molecular weight is 238 g/mol. The predicted octanol–water partition coefficient (Wildman–Crippen LogP) is 2.83. The summed E-state index contributed by atoms with van der Waals surface area (Å²) in [6.07, 6.45) is 2.86. The van der Waals surface area contributed by atoms with Crippen molar-refractivity contribution in [3.8, 4) is 0 Å². The third-order valence-electron chi connectivity index (χ3n) is 3.20. The summed E-state index contributed by atoms with van der Waals surface area (Å²) in [5, 5.41) is 0. The van der Waals surface area contributed by atoms with Crippen molar-refractivity contribution in [1.82, 2.24) is 4.90 Å². The lowest BCUT2D eigenvalue weighted by Crippen LogP contribution is -2.31. The fourth-order valence-corrected chi connectivity index (χ4v) is 2.83. The molecule has 1 aliphatic rings. The zero-order valence-electron chi connectivity index (χ0n) is 10.3. The Morgan fingerprint density at radius 2 is 2.06 bits per heavy atom. The van der Waals surface area contributed by atoms with Crippen LogP contribution < -0.4 is 5.73 Å². The van der Waals surface area contributed by atoms with Gasteiger partial charge in [0.1, 0.15) is 0 Å². The minimum Gasteiger partial charge on any atom is -0.326 e. The van der Waals surface area contributed by atoms with E-state index < -0.39 is 0 Å². The first kappa shape index (κ1) is 12.1. The number of nitrogens with two attached hydrogens (primary N) is 1. The second-order valence-electron chi connectivity index (χ2n) is 5.04. The molecule has 1 aromatic heterocycles. The van der Waals surface area contributed by atoms with E-state index in [1.165, 1.54) is 29.1 Å². The van der Waals surface area contributed by atoms with Gasteiger partial charge in [-0.05, 0) is 44.7 Å². The topological polar surface area (TPSA) is 29.3 Å². The summed E-state index contributed by atoms with van der Waals surface area (Å²) in [4.78, 5) is 5.34. The Morgan fingerprint density at radius 3 is 2.56 bits per heavy atom. The van der Waals surface area contributed by atoms with Crippen molar-refractivity contribution >= 4 is 11.3 Å². The molecular weight excluding hydrogens is 216 g/mol. The molecule has 1 fully saturated rings. The van der Waals surface area contributed by atoms with E-state index in [1.54, 1.807) is 0 Å². The Labute approximate surface area is 102 Å². The molecule has 2 rings (SSSR count). The van der Waals surface area contributed by atoms with E-state index in [2.05, 4.69) is 30.9 Å². The zero-order chi connectivity index (χ0) is 11.5. The standard InChI is InChI=1S/C13H22N2S/c1-10(2)15(8-11-3-4-11)9-13-6-5-12(7-14)16-13/h5-6,10-11H,3-4,7-9,14H2,1-2H3. The second kappa shape index (κ2) is 5.30. The van der Waals surface area contributed by atoms with E-state index >= 15 is 0 Å².